The minimum absolute atomic E-state index is 0.0206. The Morgan fingerprint density at radius 1 is 0.692 bits per heavy atom. The smallest absolute Gasteiger partial charge is 0.133 e. The highest BCUT2D eigenvalue weighted by Gasteiger charge is 2.27. The molecule has 1 aliphatic rings. The van der Waals surface area contributed by atoms with Crippen molar-refractivity contribution in [2.75, 3.05) is 0 Å². The summed E-state index contributed by atoms with van der Waals surface area (Å²) < 4.78 is 0. The molecule has 3 rings (SSSR count). The molecule has 0 unspecified atom stereocenters. The number of hydrogen-bond donors (Lipinski definition) is 0. The molecule has 4 heteroatoms. The molecular formula is C22H12N4. The van der Waals surface area contributed by atoms with Crippen LogP contribution in [0.1, 0.15) is 28.7 Å². The van der Waals surface area contributed by atoms with Crippen LogP contribution >= 0.6 is 0 Å². The van der Waals surface area contributed by atoms with Crippen molar-refractivity contribution >= 4 is 11.1 Å². The maximum atomic E-state index is 9.28. The molecule has 120 valence electrons. The van der Waals surface area contributed by atoms with Crippen molar-refractivity contribution in [3.8, 4) is 24.3 Å². The Bertz CT molecular complexity index is 1080. The summed E-state index contributed by atoms with van der Waals surface area (Å²) in [5.74, 6) is 0. The van der Waals surface area contributed by atoms with Crippen LogP contribution < -0.4 is 0 Å². The van der Waals surface area contributed by atoms with Gasteiger partial charge in [-0.05, 0) is 39.8 Å². The highest BCUT2D eigenvalue weighted by atomic mass is 14.4. The number of rotatable bonds is 2. The first-order valence-corrected chi connectivity index (χ1v) is 7.96. The van der Waals surface area contributed by atoms with Crippen molar-refractivity contribution in [2.45, 2.75) is 12.8 Å². The molecule has 4 nitrogen and oxygen atoms in total. The lowest BCUT2D eigenvalue weighted by Gasteiger charge is -2.07. The molecule has 0 radical (unpaired) electrons. The van der Waals surface area contributed by atoms with E-state index in [4.69, 9.17) is 0 Å². The van der Waals surface area contributed by atoms with Crippen LogP contribution in [0, 0.1) is 45.3 Å². The van der Waals surface area contributed by atoms with Crippen LogP contribution in [0.25, 0.3) is 11.1 Å². The molecular weight excluding hydrogens is 320 g/mol. The normalized spacial score (nSPS) is 11.5. The van der Waals surface area contributed by atoms with E-state index in [1.165, 1.54) is 0 Å². The van der Waals surface area contributed by atoms with Gasteiger partial charge in [-0.15, -0.1) is 0 Å². The van der Waals surface area contributed by atoms with Gasteiger partial charge < -0.3 is 0 Å². The minimum atomic E-state index is 0.0206. The van der Waals surface area contributed by atoms with Crippen molar-refractivity contribution in [1.29, 1.82) is 21.0 Å². The van der Waals surface area contributed by atoms with Crippen LogP contribution in [0.15, 0.2) is 59.7 Å². The van der Waals surface area contributed by atoms with E-state index >= 15 is 0 Å². The predicted molar refractivity (Wildman–Crippen MR) is 96.6 cm³/mol. The molecule has 0 heterocycles. The number of nitriles is 4. The van der Waals surface area contributed by atoms with Crippen molar-refractivity contribution in [3.05, 3.63) is 81.9 Å². The van der Waals surface area contributed by atoms with Crippen LogP contribution in [0.5, 0.6) is 0 Å². The lowest BCUT2D eigenvalue weighted by molar-refractivity contribution is 1.19. The third kappa shape index (κ3) is 2.97. The molecule has 2 aromatic carbocycles. The SMILES string of the molecule is N#CC(C#N)=C1CC(=C(C#N)C#N)c2cc(Cc3ccccc3)ccc21. The highest BCUT2D eigenvalue weighted by molar-refractivity contribution is 5.98. The Morgan fingerprint density at radius 2 is 1.27 bits per heavy atom. The molecule has 0 saturated carbocycles. The summed E-state index contributed by atoms with van der Waals surface area (Å²) in [6.07, 6.45) is 0.968. The lowest BCUT2D eigenvalue weighted by Crippen LogP contribution is -1.92. The Labute approximate surface area is 151 Å². The Hall–Kier alpha value is -4.12. The number of hydrogen-bond acceptors (Lipinski definition) is 4. The molecule has 1 aliphatic carbocycles. The molecule has 0 fully saturated rings. The van der Waals surface area contributed by atoms with E-state index in [2.05, 4.69) is 0 Å². The van der Waals surface area contributed by atoms with E-state index in [0.29, 0.717) is 11.1 Å². The third-order valence-electron chi connectivity index (χ3n) is 4.39. The second-order valence-corrected chi connectivity index (χ2v) is 5.87. The lowest BCUT2D eigenvalue weighted by atomic mass is 9.97. The van der Waals surface area contributed by atoms with Gasteiger partial charge in [-0.3, -0.25) is 0 Å². The average Bonchev–Trinajstić information content (AvgIpc) is 3.04. The number of fused-ring (bicyclic) bond motifs is 1. The van der Waals surface area contributed by atoms with E-state index in [1.807, 2.05) is 72.8 Å². The standard InChI is InChI=1S/C22H12N4/c23-11-17(12-24)20-10-21(18(13-25)14-26)22-9-16(6-7-19(20)22)8-15-4-2-1-3-5-15/h1-7,9H,8,10H2. The summed E-state index contributed by atoms with van der Waals surface area (Å²) in [6.45, 7) is 0. The summed E-state index contributed by atoms with van der Waals surface area (Å²) in [5, 5.41) is 37.0. The van der Waals surface area contributed by atoms with E-state index in [0.717, 1.165) is 28.7 Å². The van der Waals surface area contributed by atoms with E-state index < -0.39 is 0 Å². The molecule has 0 aliphatic heterocycles. The fourth-order valence-electron chi connectivity index (χ4n) is 3.18. The first-order chi connectivity index (χ1) is 12.7. The molecule has 0 spiro atoms. The third-order valence-corrected chi connectivity index (χ3v) is 4.39. The molecule has 26 heavy (non-hydrogen) atoms. The van der Waals surface area contributed by atoms with Gasteiger partial charge in [-0.1, -0.05) is 48.5 Å². The average molecular weight is 332 g/mol. The van der Waals surface area contributed by atoms with Gasteiger partial charge in [0.25, 0.3) is 0 Å². The largest absolute Gasteiger partial charge is 0.192 e. The Balaban J connectivity index is 2.18. The van der Waals surface area contributed by atoms with Crippen LogP contribution in [0.3, 0.4) is 0 Å². The van der Waals surface area contributed by atoms with Crippen molar-refractivity contribution in [1.82, 2.24) is 0 Å². The fourth-order valence-corrected chi connectivity index (χ4v) is 3.18. The number of nitrogens with zero attached hydrogens (tertiary/aromatic N) is 4. The summed E-state index contributed by atoms with van der Waals surface area (Å²) in [6, 6.07) is 23.5. The van der Waals surface area contributed by atoms with E-state index in [9.17, 15) is 21.0 Å². The zero-order valence-corrected chi connectivity index (χ0v) is 13.8. The van der Waals surface area contributed by atoms with Crippen LogP contribution in [0.2, 0.25) is 0 Å². The zero-order valence-electron chi connectivity index (χ0n) is 13.8. The Morgan fingerprint density at radius 3 is 1.85 bits per heavy atom. The predicted octanol–water partition coefficient (Wildman–Crippen LogP) is 4.28. The highest BCUT2D eigenvalue weighted by Crippen LogP contribution is 2.44. The molecule has 0 bridgehead atoms. The molecule has 0 aromatic heterocycles. The van der Waals surface area contributed by atoms with Gasteiger partial charge >= 0.3 is 0 Å². The topological polar surface area (TPSA) is 95.2 Å². The van der Waals surface area contributed by atoms with Gasteiger partial charge in [0.1, 0.15) is 35.4 Å². The summed E-state index contributed by atoms with van der Waals surface area (Å²) in [4.78, 5) is 0. The maximum Gasteiger partial charge on any atom is 0.133 e. The van der Waals surface area contributed by atoms with Gasteiger partial charge in [0, 0.05) is 6.42 Å². The molecule has 0 amide bonds. The van der Waals surface area contributed by atoms with Crippen molar-refractivity contribution < 1.29 is 0 Å². The van der Waals surface area contributed by atoms with Gasteiger partial charge in [0.05, 0.1) is 0 Å². The summed E-state index contributed by atoms with van der Waals surface area (Å²) in [5.41, 5.74) is 4.90. The van der Waals surface area contributed by atoms with Crippen LogP contribution in [-0.2, 0) is 6.42 Å². The monoisotopic (exact) mass is 332 g/mol. The number of allylic oxidation sites excluding steroid dienone is 4. The van der Waals surface area contributed by atoms with E-state index in [-0.39, 0.29) is 17.6 Å². The van der Waals surface area contributed by atoms with Gasteiger partial charge in [0.15, 0.2) is 0 Å². The van der Waals surface area contributed by atoms with Crippen LogP contribution in [-0.4, -0.2) is 0 Å². The fraction of sp³-hybridized carbons (Fsp3) is 0.0909. The zero-order chi connectivity index (χ0) is 18.5. The first kappa shape index (κ1) is 16.7. The Kier molecular flexibility index (Phi) is 4.63. The minimum Gasteiger partial charge on any atom is -0.192 e. The summed E-state index contributed by atoms with van der Waals surface area (Å²) in [7, 11) is 0. The van der Waals surface area contributed by atoms with E-state index in [1.54, 1.807) is 0 Å². The molecule has 0 atom stereocenters. The first-order valence-electron chi connectivity index (χ1n) is 7.96. The quantitative estimate of drug-likeness (QED) is 0.767. The summed E-state index contributed by atoms with van der Waals surface area (Å²) >= 11 is 0. The van der Waals surface area contributed by atoms with Gasteiger partial charge in [0.2, 0.25) is 0 Å². The second-order valence-electron chi connectivity index (χ2n) is 5.87. The molecule has 0 N–H and O–H groups in total. The maximum absolute atomic E-state index is 9.28. The van der Waals surface area contributed by atoms with Gasteiger partial charge in [-0.2, -0.15) is 21.0 Å². The number of benzene rings is 2. The second kappa shape index (κ2) is 7.19. The van der Waals surface area contributed by atoms with Crippen molar-refractivity contribution in [2.24, 2.45) is 0 Å². The molecule has 2 aromatic rings. The van der Waals surface area contributed by atoms with Crippen LogP contribution in [0.4, 0.5) is 0 Å². The van der Waals surface area contributed by atoms with Crippen molar-refractivity contribution in [3.63, 3.8) is 0 Å². The molecule has 0 saturated heterocycles. The van der Waals surface area contributed by atoms with Gasteiger partial charge in [-0.25, -0.2) is 0 Å².